The molecular formula is C14H16N2O3S. The molecule has 0 aliphatic rings. The lowest BCUT2D eigenvalue weighted by molar-refractivity contribution is -0.387. The first-order valence-corrected chi connectivity index (χ1v) is 7.23. The molecule has 2 aromatic rings. The summed E-state index contributed by atoms with van der Waals surface area (Å²) in [5.74, 6) is 1.37. The van der Waals surface area contributed by atoms with Gasteiger partial charge in [0.2, 0.25) is 0 Å². The van der Waals surface area contributed by atoms with Crippen LogP contribution in [0.4, 0.5) is 5.69 Å². The number of nitrogens with zero attached hydrogens (tertiary/aromatic N) is 1. The molecule has 2 rings (SSSR count). The summed E-state index contributed by atoms with van der Waals surface area (Å²) in [6.45, 7) is 1.88. The van der Waals surface area contributed by atoms with E-state index in [4.69, 9.17) is 10.2 Å². The van der Waals surface area contributed by atoms with Crippen molar-refractivity contribution in [2.45, 2.75) is 30.0 Å². The molecule has 0 aliphatic carbocycles. The topological polar surface area (TPSA) is 82.3 Å². The van der Waals surface area contributed by atoms with Gasteiger partial charge in [-0.1, -0.05) is 6.07 Å². The van der Waals surface area contributed by atoms with E-state index in [-0.39, 0.29) is 16.7 Å². The highest BCUT2D eigenvalue weighted by molar-refractivity contribution is 7.98. The van der Waals surface area contributed by atoms with Gasteiger partial charge in [0, 0.05) is 12.1 Å². The third-order valence-corrected chi connectivity index (χ3v) is 3.81. The second-order valence-electron chi connectivity index (χ2n) is 4.61. The van der Waals surface area contributed by atoms with E-state index in [0.717, 1.165) is 11.3 Å². The molecule has 1 aromatic heterocycles. The zero-order valence-electron chi connectivity index (χ0n) is 11.1. The van der Waals surface area contributed by atoms with Gasteiger partial charge in [0.05, 0.1) is 21.8 Å². The molecule has 0 saturated heterocycles. The molecule has 6 heteroatoms. The Bertz CT molecular complexity index is 582. The lowest BCUT2D eigenvalue weighted by atomic mass is 10.1. The SMILES string of the molecule is CC(N)Cc1ccc(SCc2ccco2)c([N+](=O)[O-])c1. The van der Waals surface area contributed by atoms with E-state index < -0.39 is 0 Å². The van der Waals surface area contributed by atoms with Gasteiger partial charge in [-0.15, -0.1) is 11.8 Å². The quantitative estimate of drug-likeness (QED) is 0.501. The highest BCUT2D eigenvalue weighted by Crippen LogP contribution is 2.32. The van der Waals surface area contributed by atoms with Crippen LogP contribution in [0.25, 0.3) is 0 Å². The minimum atomic E-state index is -0.352. The lowest BCUT2D eigenvalue weighted by Crippen LogP contribution is -2.17. The molecule has 1 atom stereocenters. The first-order valence-electron chi connectivity index (χ1n) is 6.24. The van der Waals surface area contributed by atoms with Crippen molar-refractivity contribution in [1.82, 2.24) is 0 Å². The van der Waals surface area contributed by atoms with Gasteiger partial charge in [0.25, 0.3) is 5.69 Å². The number of hydrogen-bond acceptors (Lipinski definition) is 5. The van der Waals surface area contributed by atoms with Crippen LogP contribution in [0, 0.1) is 10.1 Å². The molecule has 0 radical (unpaired) electrons. The fraction of sp³-hybridized carbons (Fsp3) is 0.286. The normalized spacial score (nSPS) is 12.3. The van der Waals surface area contributed by atoms with E-state index in [0.29, 0.717) is 17.1 Å². The molecule has 0 saturated carbocycles. The van der Waals surface area contributed by atoms with Gasteiger partial charge in [-0.05, 0) is 37.1 Å². The number of benzene rings is 1. The molecule has 2 N–H and O–H groups in total. The predicted molar refractivity (Wildman–Crippen MR) is 78.7 cm³/mol. The van der Waals surface area contributed by atoms with Gasteiger partial charge in [0.15, 0.2) is 0 Å². The van der Waals surface area contributed by atoms with Gasteiger partial charge >= 0.3 is 0 Å². The summed E-state index contributed by atoms with van der Waals surface area (Å²) in [7, 11) is 0. The molecule has 1 unspecified atom stereocenters. The maximum absolute atomic E-state index is 11.2. The van der Waals surface area contributed by atoms with E-state index in [1.54, 1.807) is 24.5 Å². The maximum atomic E-state index is 11.2. The van der Waals surface area contributed by atoms with Crippen molar-refractivity contribution in [3.63, 3.8) is 0 Å². The molecule has 0 bridgehead atoms. The highest BCUT2D eigenvalue weighted by atomic mass is 32.2. The first kappa shape index (κ1) is 14.6. The largest absolute Gasteiger partial charge is 0.468 e. The number of thioether (sulfide) groups is 1. The van der Waals surface area contributed by atoms with E-state index in [2.05, 4.69) is 0 Å². The molecule has 5 nitrogen and oxygen atoms in total. The zero-order chi connectivity index (χ0) is 14.5. The summed E-state index contributed by atoms with van der Waals surface area (Å²) in [6, 6.07) is 8.91. The van der Waals surface area contributed by atoms with Crippen molar-refractivity contribution in [1.29, 1.82) is 0 Å². The van der Waals surface area contributed by atoms with Gasteiger partial charge in [0.1, 0.15) is 5.76 Å². The van der Waals surface area contributed by atoms with Crippen molar-refractivity contribution in [3.05, 3.63) is 58.0 Å². The fourth-order valence-corrected chi connectivity index (χ4v) is 2.78. The molecule has 0 fully saturated rings. The summed E-state index contributed by atoms with van der Waals surface area (Å²) in [5, 5.41) is 11.2. The van der Waals surface area contributed by atoms with Gasteiger partial charge < -0.3 is 10.2 Å². The van der Waals surface area contributed by atoms with E-state index >= 15 is 0 Å². The molecular weight excluding hydrogens is 276 g/mol. The molecule has 1 heterocycles. The summed E-state index contributed by atoms with van der Waals surface area (Å²) in [5.41, 5.74) is 6.73. The number of rotatable bonds is 6. The van der Waals surface area contributed by atoms with Gasteiger partial charge in [-0.2, -0.15) is 0 Å². The molecule has 0 spiro atoms. The summed E-state index contributed by atoms with van der Waals surface area (Å²) in [6.07, 6.45) is 2.22. The zero-order valence-corrected chi connectivity index (χ0v) is 11.9. The molecule has 1 aromatic carbocycles. The lowest BCUT2D eigenvalue weighted by Gasteiger charge is -2.07. The Kier molecular flexibility index (Phi) is 4.81. The third kappa shape index (κ3) is 3.85. The molecule has 106 valence electrons. The average Bonchev–Trinajstić information content (AvgIpc) is 2.89. The fourth-order valence-electron chi connectivity index (χ4n) is 1.87. The minimum Gasteiger partial charge on any atom is -0.468 e. The van der Waals surface area contributed by atoms with Crippen LogP contribution >= 0.6 is 11.8 Å². The number of nitro benzene ring substituents is 1. The van der Waals surface area contributed by atoms with Gasteiger partial charge in [-0.3, -0.25) is 10.1 Å². The monoisotopic (exact) mass is 292 g/mol. The Morgan fingerprint density at radius 1 is 1.45 bits per heavy atom. The Hall–Kier alpha value is -1.79. The van der Waals surface area contributed by atoms with Crippen LogP contribution in [0.2, 0.25) is 0 Å². The molecule has 0 aliphatic heterocycles. The highest BCUT2D eigenvalue weighted by Gasteiger charge is 2.16. The van der Waals surface area contributed by atoms with Crippen molar-refractivity contribution in [2.75, 3.05) is 0 Å². The third-order valence-electron chi connectivity index (χ3n) is 2.73. The van der Waals surface area contributed by atoms with Crippen LogP contribution in [-0.2, 0) is 12.2 Å². The second kappa shape index (κ2) is 6.58. The van der Waals surface area contributed by atoms with Crippen molar-refractivity contribution >= 4 is 17.4 Å². The average molecular weight is 292 g/mol. The van der Waals surface area contributed by atoms with Crippen molar-refractivity contribution in [3.8, 4) is 0 Å². The summed E-state index contributed by atoms with van der Waals surface area (Å²) < 4.78 is 5.22. The second-order valence-corrected chi connectivity index (χ2v) is 5.63. The Morgan fingerprint density at radius 2 is 2.25 bits per heavy atom. The van der Waals surface area contributed by atoms with E-state index in [1.165, 1.54) is 11.8 Å². The summed E-state index contributed by atoms with van der Waals surface area (Å²) in [4.78, 5) is 11.4. The number of hydrogen-bond donors (Lipinski definition) is 1. The van der Waals surface area contributed by atoms with Crippen LogP contribution in [0.5, 0.6) is 0 Å². The van der Waals surface area contributed by atoms with Gasteiger partial charge in [-0.25, -0.2) is 0 Å². The van der Waals surface area contributed by atoms with Crippen LogP contribution < -0.4 is 5.73 Å². The van der Waals surface area contributed by atoms with Crippen molar-refractivity contribution < 1.29 is 9.34 Å². The maximum Gasteiger partial charge on any atom is 0.283 e. The molecule has 20 heavy (non-hydrogen) atoms. The minimum absolute atomic E-state index is 0.0174. The smallest absolute Gasteiger partial charge is 0.283 e. The molecule has 0 amide bonds. The standard InChI is InChI=1S/C14H16N2O3S/c1-10(15)7-11-4-5-14(13(8-11)16(17)18)20-9-12-3-2-6-19-12/h2-6,8,10H,7,9,15H2,1H3. The Balaban J connectivity index is 2.16. The predicted octanol–water partition coefficient (Wildman–Crippen LogP) is 3.37. The van der Waals surface area contributed by atoms with Crippen LogP contribution in [0.3, 0.4) is 0 Å². The van der Waals surface area contributed by atoms with Crippen LogP contribution in [0.15, 0.2) is 45.9 Å². The first-order chi connectivity index (χ1) is 9.56. The Labute approximate surface area is 121 Å². The van der Waals surface area contributed by atoms with E-state index in [9.17, 15) is 10.1 Å². The van der Waals surface area contributed by atoms with Crippen molar-refractivity contribution in [2.24, 2.45) is 5.73 Å². The van der Waals surface area contributed by atoms with Crippen LogP contribution in [0.1, 0.15) is 18.2 Å². The number of furan rings is 1. The summed E-state index contributed by atoms with van der Waals surface area (Å²) >= 11 is 1.39. The number of nitrogens with two attached hydrogens (primary N) is 1. The Morgan fingerprint density at radius 3 is 2.85 bits per heavy atom. The van der Waals surface area contributed by atoms with Crippen LogP contribution in [-0.4, -0.2) is 11.0 Å². The number of nitro groups is 1. The van der Waals surface area contributed by atoms with E-state index in [1.807, 2.05) is 19.1 Å².